The van der Waals surface area contributed by atoms with Crippen LogP contribution in [-0.2, 0) is 15.0 Å². The Bertz CT molecular complexity index is 572. The number of hydrogen-bond donors (Lipinski definition) is 0. The molecule has 0 bridgehead atoms. The van der Waals surface area contributed by atoms with E-state index in [-0.39, 0.29) is 11.5 Å². The molecule has 0 aliphatic rings. The van der Waals surface area contributed by atoms with Crippen LogP contribution in [-0.4, -0.2) is 31.8 Å². The second kappa shape index (κ2) is 9.04. The Hall–Kier alpha value is -1.08. The van der Waals surface area contributed by atoms with Gasteiger partial charge in [-0.2, -0.15) is 8.42 Å². The highest BCUT2D eigenvalue weighted by atomic mass is 79.9. The van der Waals surface area contributed by atoms with Crippen molar-refractivity contribution in [3.8, 4) is 5.75 Å². The lowest BCUT2D eigenvalue weighted by Crippen LogP contribution is -2.13. The first kappa shape index (κ1) is 18.0. The molecule has 21 heavy (non-hydrogen) atoms. The molecule has 1 rings (SSSR count). The summed E-state index contributed by atoms with van der Waals surface area (Å²) in [5.74, 6) is 0.279. The van der Waals surface area contributed by atoms with Gasteiger partial charge in [-0.1, -0.05) is 47.1 Å². The molecule has 0 heterocycles. The molecule has 7 heteroatoms. The van der Waals surface area contributed by atoms with Crippen molar-refractivity contribution in [2.75, 3.05) is 17.7 Å². The molecule has 0 aliphatic carbocycles. The fourth-order valence-electron chi connectivity index (χ4n) is 1.53. The summed E-state index contributed by atoms with van der Waals surface area (Å²) in [6, 6.07) is 6.80. The molecule has 0 amide bonds. The highest BCUT2D eigenvalue weighted by molar-refractivity contribution is 9.09. The molecule has 1 aromatic carbocycles. The van der Waals surface area contributed by atoms with Gasteiger partial charge in [0.2, 0.25) is 0 Å². The second-order valence-corrected chi connectivity index (χ2v) is 6.63. The lowest BCUT2D eigenvalue weighted by Gasteiger charge is -2.08. The van der Waals surface area contributed by atoms with Crippen molar-refractivity contribution in [3.05, 3.63) is 29.8 Å². The number of benzene rings is 1. The number of hydrogen-bond acceptors (Lipinski definition) is 5. The van der Waals surface area contributed by atoms with Crippen LogP contribution in [0.3, 0.4) is 0 Å². The van der Waals surface area contributed by atoms with Gasteiger partial charge in [0.15, 0.2) is 0 Å². The van der Waals surface area contributed by atoms with Gasteiger partial charge in [-0.3, -0.25) is 0 Å². The molecule has 0 saturated heterocycles. The van der Waals surface area contributed by atoms with Gasteiger partial charge in [0.1, 0.15) is 12.4 Å². The normalized spacial score (nSPS) is 12.2. The van der Waals surface area contributed by atoms with Crippen LogP contribution >= 0.6 is 15.9 Å². The Morgan fingerprint density at radius 2 is 2.05 bits per heavy atom. The summed E-state index contributed by atoms with van der Waals surface area (Å²) in [4.78, 5) is 5.17. The van der Waals surface area contributed by atoms with Crippen LogP contribution in [0, 0.1) is 0 Å². The van der Waals surface area contributed by atoms with Gasteiger partial charge in [-0.25, -0.2) is 0 Å². The second-order valence-electron chi connectivity index (χ2n) is 4.38. The van der Waals surface area contributed by atoms with Crippen LogP contribution < -0.4 is 4.18 Å². The highest BCUT2D eigenvalue weighted by Crippen LogP contribution is 2.17. The molecular formula is C14H20BrNO4S. The fraction of sp³-hybridized carbons (Fsp3) is 0.500. The number of alkyl halides is 1. The van der Waals surface area contributed by atoms with E-state index in [0.29, 0.717) is 24.1 Å². The number of halogens is 1. The average molecular weight is 378 g/mol. The van der Waals surface area contributed by atoms with Gasteiger partial charge in [0, 0.05) is 10.9 Å². The van der Waals surface area contributed by atoms with Gasteiger partial charge < -0.3 is 9.02 Å². The van der Waals surface area contributed by atoms with Crippen molar-refractivity contribution in [2.45, 2.75) is 26.7 Å². The summed E-state index contributed by atoms with van der Waals surface area (Å²) in [6.07, 6.45) is 1.39. The highest BCUT2D eigenvalue weighted by Gasteiger charge is 2.12. The number of oxime groups is 1. The van der Waals surface area contributed by atoms with Gasteiger partial charge in [-0.15, -0.1) is 0 Å². The van der Waals surface area contributed by atoms with Crippen molar-refractivity contribution in [1.82, 2.24) is 0 Å². The Morgan fingerprint density at radius 3 is 2.67 bits per heavy atom. The summed E-state index contributed by atoms with van der Waals surface area (Å²) in [7, 11) is -3.54. The lowest BCUT2D eigenvalue weighted by atomic mass is 10.1. The maximum Gasteiger partial charge on any atom is 0.309 e. The van der Waals surface area contributed by atoms with Crippen LogP contribution in [0.2, 0.25) is 0 Å². The molecule has 0 unspecified atom stereocenters. The number of nitrogens with zero attached hydrogens (tertiary/aromatic N) is 1. The van der Waals surface area contributed by atoms with E-state index in [1.807, 2.05) is 13.0 Å². The van der Waals surface area contributed by atoms with E-state index in [9.17, 15) is 8.42 Å². The number of rotatable bonds is 9. The molecule has 118 valence electrons. The van der Waals surface area contributed by atoms with E-state index in [0.717, 1.165) is 12.0 Å². The van der Waals surface area contributed by atoms with Gasteiger partial charge in [0.25, 0.3) is 0 Å². The average Bonchev–Trinajstić information content (AvgIpc) is 2.43. The molecule has 0 atom stereocenters. The molecule has 0 saturated carbocycles. The van der Waals surface area contributed by atoms with Crippen LogP contribution in [0.1, 0.15) is 32.3 Å². The third-order valence-electron chi connectivity index (χ3n) is 2.44. The maximum atomic E-state index is 11.7. The van der Waals surface area contributed by atoms with Gasteiger partial charge >= 0.3 is 10.1 Å². The molecule has 0 spiro atoms. The summed E-state index contributed by atoms with van der Waals surface area (Å²) in [5, 5.41) is 4.54. The van der Waals surface area contributed by atoms with Crippen LogP contribution in [0.4, 0.5) is 0 Å². The van der Waals surface area contributed by atoms with Crippen molar-refractivity contribution in [3.63, 3.8) is 0 Å². The van der Waals surface area contributed by atoms with Crippen LogP contribution in [0.25, 0.3) is 0 Å². The van der Waals surface area contributed by atoms with E-state index in [2.05, 4.69) is 21.1 Å². The molecule has 5 nitrogen and oxygen atoms in total. The van der Waals surface area contributed by atoms with Crippen molar-refractivity contribution in [1.29, 1.82) is 0 Å². The monoisotopic (exact) mass is 377 g/mol. The Labute approximate surface area is 134 Å². The Balaban J connectivity index is 2.91. The topological polar surface area (TPSA) is 65.0 Å². The van der Waals surface area contributed by atoms with Crippen molar-refractivity contribution >= 4 is 31.8 Å². The molecule has 0 fully saturated rings. The van der Waals surface area contributed by atoms with Crippen molar-refractivity contribution in [2.24, 2.45) is 5.16 Å². The quantitative estimate of drug-likeness (QED) is 0.217. The smallest absolute Gasteiger partial charge is 0.309 e. The van der Waals surface area contributed by atoms with E-state index >= 15 is 0 Å². The first-order valence-electron chi connectivity index (χ1n) is 6.79. The summed E-state index contributed by atoms with van der Waals surface area (Å²) in [5.41, 5.74) is 1.44. The van der Waals surface area contributed by atoms with Crippen LogP contribution in [0.5, 0.6) is 5.75 Å². The minimum atomic E-state index is -3.54. The molecular weight excluding hydrogens is 358 g/mol. The van der Waals surface area contributed by atoms with E-state index in [1.165, 1.54) is 0 Å². The maximum absolute atomic E-state index is 11.7. The third kappa shape index (κ3) is 6.48. The van der Waals surface area contributed by atoms with Crippen molar-refractivity contribution < 1.29 is 17.4 Å². The summed E-state index contributed by atoms with van der Waals surface area (Å²) in [6.45, 7) is 4.33. The van der Waals surface area contributed by atoms with Gasteiger partial charge in [0.05, 0.1) is 11.5 Å². The van der Waals surface area contributed by atoms with E-state index in [1.54, 1.807) is 25.1 Å². The minimum Gasteiger partial charge on any atom is -0.396 e. The standard InChI is InChI=1S/C14H20BrNO4S/c1-3-8-19-16-14(11-15)12-6-5-7-13(10-12)20-21(17,18)9-4-2/h5-7,10H,3-4,8-9,11H2,1-2H3/b16-14+. The van der Waals surface area contributed by atoms with E-state index in [4.69, 9.17) is 9.02 Å². The summed E-state index contributed by atoms with van der Waals surface area (Å²) < 4.78 is 28.4. The molecule has 0 N–H and O–H groups in total. The summed E-state index contributed by atoms with van der Waals surface area (Å²) >= 11 is 3.35. The first-order valence-corrected chi connectivity index (χ1v) is 9.49. The largest absolute Gasteiger partial charge is 0.396 e. The predicted octanol–water partition coefficient (Wildman–Crippen LogP) is 3.33. The molecule has 0 radical (unpaired) electrons. The minimum absolute atomic E-state index is 0.00374. The SMILES string of the molecule is CCCO/N=C(\CBr)c1cccc(OS(=O)(=O)CCC)c1. The molecule has 1 aromatic rings. The zero-order valence-electron chi connectivity index (χ0n) is 12.2. The zero-order valence-corrected chi connectivity index (χ0v) is 14.6. The van der Waals surface area contributed by atoms with Gasteiger partial charge in [-0.05, 0) is 25.0 Å². The molecule has 0 aliphatic heterocycles. The Morgan fingerprint density at radius 1 is 1.29 bits per heavy atom. The molecule has 0 aromatic heterocycles. The zero-order chi connectivity index (χ0) is 15.7. The Kier molecular flexibility index (Phi) is 7.74. The third-order valence-corrected chi connectivity index (χ3v) is 4.33. The van der Waals surface area contributed by atoms with E-state index < -0.39 is 10.1 Å². The van der Waals surface area contributed by atoms with Crippen LogP contribution in [0.15, 0.2) is 29.4 Å². The lowest BCUT2D eigenvalue weighted by molar-refractivity contribution is 0.145. The first-order chi connectivity index (χ1) is 10.0. The predicted molar refractivity (Wildman–Crippen MR) is 87.7 cm³/mol. The fourth-order valence-corrected chi connectivity index (χ4v) is 2.94.